The Morgan fingerprint density at radius 2 is 2.20 bits per heavy atom. The predicted molar refractivity (Wildman–Crippen MR) is 79.7 cm³/mol. The van der Waals surface area contributed by atoms with Gasteiger partial charge in [-0.05, 0) is 12.0 Å². The maximum absolute atomic E-state index is 6.12. The number of hydrogen-bond acceptors (Lipinski definition) is 5. The fraction of sp³-hybridized carbons (Fsp3) is 0.429. The van der Waals surface area contributed by atoms with Gasteiger partial charge in [-0.15, -0.1) is 0 Å². The molecule has 0 aliphatic rings. The van der Waals surface area contributed by atoms with Crippen LogP contribution in [0.5, 0.6) is 5.88 Å². The smallest absolute Gasteiger partial charge is 0.212 e. The summed E-state index contributed by atoms with van der Waals surface area (Å²) in [5, 5.41) is 7.74. The molecule has 0 atom stereocenters. The maximum Gasteiger partial charge on any atom is 0.212 e. The van der Waals surface area contributed by atoms with Crippen molar-refractivity contribution in [1.29, 1.82) is 0 Å². The van der Waals surface area contributed by atoms with Crippen LogP contribution in [-0.2, 0) is 20.0 Å². The zero-order valence-corrected chi connectivity index (χ0v) is 12.2. The van der Waals surface area contributed by atoms with E-state index in [-0.39, 0.29) is 0 Å². The molecule has 0 aliphatic heterocycles. The highest BCUT2D eigenvalue weighted by molar-refractivity contribution is 5.65. The highest BCUT2D eigenvalue weighted by Crippen LogP contribution is 2.23. The van der Waals surface area contributed by atoms with Crippen LogP contribution in [-0.4, -0.2) is 21.9 Å². The summed E-state index contributed by atoms with van der Waals surface area (Å²) in [7, 11) is 3.50. The quantitative estimate of drug-likeness (QED) is 0.842. The Balaban J connectivity index is 2.06. The van der Waals surface area contributed by atoms with E-state index in [0.717, 1.165) is 35.6 Å². The second-order valence-electron chi connectivity index (χ2n) is 4.64. The molecule has 0 bridgehead atoms. The second kappa shape index (κ2) is 6.27. The van der Waals surface area contributed by atoms with E-state index in [2.05, 4.69) is 22.3 Å². The van der Waals surface area contributed by atoms with Crippen molar-refractivity contribution in [1.82, 2.24) is 14.8 Å². The molecule has 2 aromatic heterocycles. The van der Waals surface area contributed by atoms with E-state index in [1.807, 2.05) is 19.2 Å². The van der Waals surface area contributed by atoms with Gasteiger partial charge in [-0.25, -0.2) is 4.98 Å². The summed E-state index contributed by atoms with van der Waals surface area (Å²) in [4.78, 5) is 4.17. The molecule has 0 aliphatic carbocycles. The summed E-state index contributed by atoms with van der Waals surface area (Å²) >= 11 is 0. The van der Waals surface area contributed by atoms with E-state index in [4.69, 9.17) is 10.5 Å². The van der Waals surface area contributed by atoms with E-state index >= 15 is 0 Å². The lowest BCUT2D eigenvalue weighted by Gasteiger charge is -2.08. The number of nitrogens with one attached hydrogen (secondary N) is 1. The summed E-state index contributed by atoms with van der Waals surface area (Å²) in [6.45, 7) is 2.76. The number of methoxy groups -OCH3 is 1. The molecule has 0 saturated carbocycles. The minimum Gasteiger partial charge on any atom is -0.481 e. The normalized spacial score (nSPS) is 10.6. The first-order chi connectivity index (χ1) is 9.65. The molecule has 0 aromatic carbocycles. The standard InChI is InChI=1S/C14H21N5O/c1-4-5-11-13(15)14(19(2)18-11)17-9-10-6-7-12(20-3)16-8-10/h6-8,17H,4-5,9,15H2,1-3H3. The number of rotatable bonds is 6. The van der Waals surface area contributed by atoms with Gasteiger partial charge >= 0.3 is 0 Å². The van der Waals surface area contributed by atoms with E-state index in [0.29, 0.717) is 12.4 Å². The van der Waals surface area contributed by atoms with E-state index < -0.39 is 0 Å². The molecule has 0 radical (unpaired) electrons. The molecule has 2 heterocycles. The minimum atomic E-state index is 0.610. The van der Waals surface area contributed by atoms with Crippen LogP contribution >= 0.6 is 0 Å². The fourth-order valence-corrected chi connectivity index (χ4v) is 2.05. The average Bonchev–Trinajstić information content (AvgIpc) is 2.72. The van der Waals surface area contributed by atoms with Gasteiger partial charge in [-0.1, -0.05) is 19.4 Å². The first-order valence-electron chi connectivity index (χ1n) is 6.69. The number of nitrogen functional groups attached to an aromatic ring is 1. The Morgan fingerprint density at radius 3 is 2.80 bits per heavy atom. The molecule has 3 N–H and O–H groups in total. The van der Waals surface area contributed by atoms with Gasteiger partial charge in [0.1, 0.15) is 5.82 Å². The van der Waals surface area contributed by atoms with Crippen molar-refractivity contribution in [3.63, 3.8) is 0 Å². The topological polar surface area (TPSA) is 78.0 Å². The largest absolute Gasteiger partial charge is 0.481 e. The number of pyridine rings is 1. The molecule has 0 fully saturated rings. The molecule has 0 saturated heterocycles. The summed E-state index contributed by atoms with van der Waals surface area (Å²) < 4.78 is 6.82. The van der Waals surface area contributed by atoms with Crippen molar-refractivity contribution in [3.05, 3.63) is 29.6 Å². The van der Waals surface area contributed by atoms with Crippen LogP contribution in [0, 0.1) is 0 Å². The van der Waals surface area contributed by atoms with Crippen molar-refractivity contribution in [3.8, 4) is 5.88 Å². The number of hydrogen-bond donors (Lipinski definition) is 2. The summed E-state index contributed by atoms with van der Waals surface area (Å²) in [6.07, 6.45) is 3.71. The third kappa shape index (κ3) is 3.01. The van der Waals surface area contributed by atoms with Crippen LogP contribution in [0.15, 0.2) is 18.3 Å². The molecule has 6 nitrogen and oxygen atoms in total. The molecule has 0 spiro atoms. The van der Waals surface area contributed by atoms with Crippen molar-refractivity contribution in [2.24, 2.45) is 7.05 Å². The first-order valence-corrected chi connectivity index (χ1v) is 6.69. The van der Waals surface area contributed by atoms with Gasteiger partial charge in [-0.2, -0.15) is 5.10 Å². The second-order valence-corrected chi connectivity index (χ2v) is 4.64. The fourth-order valence-electron chi connectivity index (χ4n) is 2.05. The highest BCUT2D eigenvalue weighted by Gasteiger charge is 2.12. The number of aryl methyl sites for hydroxylation is 2. The number of aromatic nitrogens is 3. The Kier molecular flexibility index (Phi) is 4.45. The summed E-state index contributed by atoms with van der Waals surface area (Å²) in [5.74, 6) is 1.46. The van der Waals surface area contributed by atoms with Crippen LogP contribution in [0.4, 0.5) is 11.5 Å². The van der Waals surface area contributed by atoms with Crippen molar-refractivity contribution in [2.75, 3.05) is 18.2 Å². The SMILES string of the molecule is CCCc1nn(C)c(NCc2ccc(OC)nc2)c1N. The Bertz CT molecular complexity index is 562. The monoisotopic (exact) mass is 275 g/mol. The minimum absolute atomic E-state index is 0.610. The van der Waals surface area contributed by atoms with Gasteiger partial charge in [0.2, 0.25) is 5.88 Å². The molecule has 2 aromatic rings. The van der Waals surface area contributed by atoms with Crippen LogP contribution in [0.25, 0.3) is 0 Å². The Morgan fingerprint density at radius 1 is 1.40 bits per heavy atom. The Labute approximate surface area is 119 Å². The van der Waals surface area contributed by atoms with Crippen molar-refractivity contribution in [2.45, 2.75) is 26.3 Å². The lowest BCUT2D eigenvalue weighted by Crippen LogP contribution is -2.06. The molecule has 0 unspecified atom stereocenters. The number of anilines is 2. The zero-order chi connectivity index (χ0) is 14.5. The van der Waals surface area contributed by atoms with Gasteiger partial charge in [0.25, 0.3) is 0 Å². The van der Waals surface area contributed by atoms with Gasteiger partial charge in [0, 0.05) is 25.9 Å². The van der Waals surface area contributed by atoms with Crippen LogP contribution in [0.2, 0.25) is 0 Å². The molecule has 6 heteroatoms. The molecule has 20 heavy (non-hydrogen) atoms. The van der Waals surface area contributed by atoms with Crippen LogP contribution < -0.4 is 15.8 Å². The van der Waals surface area contributed by atoms with Gasteiger partial charge in [0.15, 0.2) is 0 Å². The van der Waals surface area contributed by atoms with Crippen molar-refractivity contribution >= 4 is 11.5 Å². The van der Waals surface area contributed by atoms with Gasteiger partial charge in [-0.3, -0.25) is 4.68 Å². The average molecular weight is 275 g/mol. The maximum atomic E-state index is 6.12. The predicted octanol–water partition coefficient (Wildman–Crippen LogP) is 1.97. The highest BCUT2D eigenvalue weighted by atomic mass is 16.5. The number of nitrogens with zero attached hydrogens (tertiary/aromatic N) is 3. The first kappa shape index (κ1) is 14.2. The Hall–Kier alpha value is -2.24. The molecule has 108 valence electrons. The van der Waals surface area contributed by atoms with Crippen molar-refractivity contribution < 1.29 is 4.74 Å². The third-order valence-corrected chi connectivity index (χ3v) is 3.11. The number of ether oxygens (including phenoxy) is 1. The van der Waals surface area contributed by atoms with E-state index in [1.54, 1.807) is 18.0 Å². The zero-order valence-electron chi connectivity index (χ0n) is 12.2. The molecule has 0 amide bonds. The van der Waals surface area contributed by atoms with E-state index in [9.17, 15) is 0 Å². The van der Waals surface area contributed by atoms with Gasteiger partial charge in [0.05, 0.1) is 18.5 Å². The molecular weight excluding hydrogens is 254 g/mol. The van der Waals surface area contributed by atoms with Crippen LogP contribution in [0.1, 0.15) is 24.6 Å². The summed E-state index contributed by atoms with van der Waals surface area (Å²) in [6, 6.07) is 3.81. The lowest BCUT2D eigenvalue weighted by molar-refractivity contribution is 0.397. The van der Waals surface area contributed by atoms with E-state index in [1.165, 1.54) is 0 Å². The molecule has 2 rings (SSSR count). The third-order valence-electron chi connectivity index (χ3n) is 3.11. The molecular formula is C14H21N5O. The summed E-state index contributed by atoms with van der Waals surface area (Å²) in [5.41, 5.74) is 8.86. The van der Waals surface area contributed by atoms with Crippen LogP contribution in [0.3, 0.4) is 0 Å². The van der Waals surface area contributed by atoms with Gasteiger partial charge < -0.3 is 15.8 Å². The lowest BCUT2D eigenvalue weighted by atomic mass is 10.2. The number of nitrogens with two attached hydrogens (primary N) is 1.